The lowest BCUT2D eigenvalue weighted by molar-refractivity contribution is -0.127. The Bertz CT molecular complexity index is 1080. The summed E-state index contributed by atoms with van der Waals surface area (Å²) in [6, 6.07) is 18.5. The van der Waals surface area contributed by atoms with Gasteiger partial charge in [0.25, 0.3) is 0 Å². The molecule has 0 aliphatic heterocycles. The number of hydrogen-bond acceptors (Lipinski definition) is 4. The number of methoxy groups -OCH3 is 1. The van der Waals surface area contributed by atoms with Gasteiger partial charge in [-0.05, 0) is 54.5 Å². The molecule has 6 heteroatoms. The molecule has 1 aliphatic rings. The van der Waals surface area contributed by atoms with Crippen molar-refractivity contribution in [1.82, 2.24) is 5.32 Å². The number of carbonyl (C=O) groups is 2. The molecular formula is C27H30N2O3S. The van der Waals surface area contributed by atoms with Crippen LogP contribution in [-0.2, 0) is 16.0 Å². The lowest BCUT2D eigenvalue weighted by Crippen LogP contribution is -2.47. The molecule has 0 bridgehead atoms. The highest BCUT2D eigenvalue weighted by Crippen LogP contribution is 2.37. The molecule has 0 saturated heterocycles. The van der Waals surface area contributed by atoms with E-state index in [1.54, 1.807) is 12.0 Å². The molecule has 3 aromatic rings. The first kappa shape index (κ1) is 23.1. The van der Waals surface area contributed by atoms with Crippen molar-refractivity contribution in [2.75, 3.05) is 12.0 Å². The number of ether oxygens (including phenoxy) is 1. The Hall–Kier alpha value is -3.12. The van der Waals surface area contributed by atoms with Gasteiger partial charge in [-0.2, -0.15) is 0 Å². The Labute approximate surface area is 199 Å². The van der Waals surface area contributed by atoms with Crippen molar-refractivity contribution >= 4 is 28.8 Å². The van der Waals surface area contributed by atoms with Gasteiger partial charge in [0.2, 0.25) is 11.8 Å². The number of thiophene rings is 1. The summed E-state index contributed by atoms with van der Waals surface area (Å²) < 4.78 is 5.64. The summed E-state index contributed by atoms with van der Waals surface area (Å²) in [6.07, 6.45) is 4.41. The van der Waals surface area contributed by atoms with Crippen LogP contribution in [0.3, 0.4) is 0 Å². The molecular weight excluding hydrogens is 432 g/mol. The topological polar surface area (TPSA) is 58.6 Å². The third-order valence-corrected chi connectivity index (χ3v) is 6.97. The van der Waals surface area contributed by atoms with Gasteiger partial charge in [0.05, 0.1) is 19.2 Å². The molecule has 5 nitrogen and oxygen atoms in total. The van der Waals surface area contributed by atoms with Gasteiger partial charge in [0, 0.05) is 10.9 Å². The number of aryl methyl sites for hydroxylation is 1. The van der Waals surface area contributed by atoms with Crippen LogP contribution in [0.5, 0.6) is 5.75 Å². The van der Waals surface area contributed by atoms with Gasteiger partial charge in [-0.1, -0.05) is 55.3 Å². The standard InChI is InChI=1S/C27H30N2O3S/c1-19-14-15-24(32-2)23(17-19)29(25(30)18-22-13-8-16-33-22)26(20-9-4-3-5-10-20)27(31)28-21-11-6-7-12-21/h3-5,8-10,13-17,21,26H,6-7,11-12,18H2,1-2H3,(H,28,31)/t26-/m0/s1. The zero-order valence-corrected chi connectivity index (χ0v) is 19.9. The summed E-state index contributed by atoms with van der Waals surface area (Å²) in [4.78, 5) is 30.2. The van der Waals surface area contributed by atoms with E-state index in [2.05, 4.69) is 5.32 Å². The molecule has 1 saturated carbocycles. The highest BCUT2D eigenvalue weighted by atomic mass is 32.1. The van der Waals surface area contributed by atoms with Crippen LogP contribution in [0.1, 0.15) is 47.7 Å². The first-order chi connectivity index (χ1) is 16.1. The predicted molar refractivity (Wildman–Crippen MR) is 133 cm³/mol. The van der Waals surface area contributed by atoms with E-state index in [9.17, 15) is 9.59 Å². The van der Waals surface area contributed by atoms with Crippen molar-refractivity contribution in [3.05, 3.63) is 82.0 Å². The number of benzene rings is 2. The summed E-state index contributed by atoms with van der Waals surface area (Å²) >= 11 is 1.54. The number of hydrogen-bond donors (Lipinski definition) is 1. The molecule has 0 unspecified atom stereocenters. The molecule has 1 heterocycles. The van der Waals surface area contributed by atoms with Crippen LogP contribution in [-0.4, -0.2) is 25.0 Å². The molecule has 0 radical (unpaired) electrons. The molecule has 2 amide bonds. The number of nitrogens with zero attached hydrogens (tertiary/aromatic N) is 1. The quantitative estimate of drug-likeness (QED) is 0.485. The second-order valence-electron chi connectivity index (χ2n) is 8.50. The van der Waals surface area contributed by atoms with Crippen molar-refractivity contribution < 1.29 is 14.3 Å². The lowest BCUT2D eigenvalue weighted by atomic mass is 10.0. The maximum Gasteiger partial charge on any atom is 0.248 e. The monoisotopic (exact) mass is 462 g/mol. The van der Waals surface area contributed by atoms with Gasteiger partial charge in [0.1, 0.15) is 11.8 Å². The number of carbonyl (C=O) groups excluding carboxylic acids is 2. The lowest BCUT2D eigenvalue weighted by Gasteiger charge is -2.33. The van der Waals surface area contributed by atoms with E-state index in [4.69, 9.17) is 4.74 Å². The Morgan fingerprint density at radius 1 is 1.09 bits per heavy atom. The van der Waals surface area contributed by atoms with Crippen LogP contribution in [0.15, 0.2) is 66.0 Å². The smallest absolute Gasteiger partial charge is 0.248 e. The van der Waals surface area contributed by atoms with E-state index >= 15 is 0 Å². The van der Waals surface area contributed by atoms with Gasteiger partial charge in [-0.3, -0.25) is 14.5 Å². The summed E-state index contributed by atoms with van der Waals surface area (Å²) in [7, 11) is 1.59. The van der Waals surface area contributed by atoms with Crippen LogP contribution < -0.4 is 15.0 Å². The van der Waals surface area contributed by atoms with Gasteiger partial charge in [-0.15, -0.1) is 11.3 Å². The SMILES string of the molecule is COc1ccc(C)cc1N(C(=O)Cc1cccs1)[C@H](C(=O)NC1CCCC1)c1ccccc1. The summed E-state index contributed by atoms with van der Waals surface area (Å²) in [5, 5.41) is 5.18. The minimum atomic E-state index is -0.796. The normalized spacial score (nSPS) is 14.6. The average molecular weight is 463 g/mol. The highest BCUT2D eigenvalue weighted by molar-refractivity contribution is 7.10. The second kappa shape index (κ2) is 10.7. The van der Waals surface area contributed by atoms with Crippen molar-refractivity contribution in [2.45, 2.75) is 51.1 Å². The number of amides is 2. The van der Waals surface area contributed by atoms with Crippen LogP contribution in [0, 0.1) is 6.92 Å². The minimum absolute atomic E-state index is 0.142. The molecule has 2 aromatic carbocycles. The number of rotatable bonds is 8. The molecule has 4 rings (SSSR count). The number of anilines is 1. The molecule has 1 fully saturated rings. The number of nitrogens with one attached hydrogen (secondary N) is 1. The maximum atomic E-state index is 13.8. The summed E-state index contributed by atoms with van der Waals surface area (Å²) in [5.74, 6) is 0.266. The highest BCUT2D eigenvalue weighted by Gasteiger charge is 2.35. The van der Waals surface area contributed by atoms with Crippen LogP contribution >= 0.6 is 11.3 Å². The summed E-state index contributed by atoms with van der Waals surface area (Å²) in [6.45, 7) is 1.97. The Morgan fingerprint density at radius 2 is 1.85 bits per heavy atom. The van der Waals surface area contributed by atoms with Gasteiger partial charge in [-0.25, -0.2) is 0 Å². The predicted octanol–water partition coefficient (Wildman–Crippen LogP) is 5.44. The van der Waals surface area contributed by atoms with Crippen molar-refractivity contribution in [1.29, 1.82) is 0 Å². The van der Waals surface area contributed by atoms with Crippen LogP contribution in [0.4, 0.5) is 5.69 Å². The largest absolute Gasteiger partial charge is 0.495 e. The fraction of sp³-hybridized carbons (Fsp3) is 0.333. The van der Waals surface area contributed by atoms with E-state index in [1.165, 1.54) is 11.3 Å². The van der Waals surface area contributed by atoms with Crippen molar-refractivity contribution in [3.63, 3.8) is 0 Å². The summed E-state index contributed by atoms with van der Waals surface area (Å²) in [5.41, 5.74) is 2.37. The third kappa shape index (κ3) is 5.45. The van der Waals surface area contributed by atoms with Gasteiger partial charge >= 0.3 is 0 Å². The molecule has 33 heavy (non-hydrogen) atoms. The third-order valence-electron chi connectivity index (χ3n) is 6.09. The molecule has 172 valence electrons. The fourth-order valence-electron chi connectivity index (χ4n) is 4.46. The Kier molecular flexibility index (Phi) is 7.45. The van der Waals surface area contributed by atoms with Gasteiger partial charge in [0.15, 0.2) is 0 Å². The van der Waals surface area contributed by atoms with Crippen LogP contribution in [0.2, 0.25) is 0 Å². The van der Waals surface area contributed by atoms with E-state index in [-0.39, 0.29) is 24.3 Å². The second-order valence-corrected chi connectivity index (χ2v) is 9.53. The molecule has 1 aliphatic carbocycles. The molecule has 1 atom stereocenters. The molecule has 1 aromatic heterocycles. The van der Waals surface area contributed by atoms with E-state index < -0.39 is 6.04 Å². The van der Waals surface area contributed by atoms with Crippen molar-refractivity contribution in [2.24, 2.45) is 0 Å². The van der Waals surface area contributed by atoms with E-state index in [1.807, 2.05) is 73.0 Å². The fourth-order valence-corrected chi connectivity index (χ4v) is 5.15. The Balaban J connectivity index is 1.80. The van der Waals surface area contributed by atoms with E-state index in [0.29, 0.717) is 11.4 Å². The Morgan fingerprint density at radius 3 is 2.52 bits per heavy atom. The first-order valence-corrected chi connectivity index (χ1v) is 12.3. The van der Waals surface area contributed by atoms with E-state index in [0.717, 1.165) is 41.7 Å². The average Bonchev–Trinajstić information content (AvgIpc) is 3.52. The zero-order chi connectivity index (χ0) is 23.2. The zero-order valence-electron chi connectivity index (χ0n) is 19.1. The first-order valence-electron chi connectivity index (χ1n) is 11.4. The van der Waals surface area contributed by atoms with Crippen molar-refractivity contribution in [3.8, 4) is 5.75 Å². The molecule has 0 spiro atoms. The molecule has 1 N–H and O–H groups in total. The maximum absolute atomic E-state index is 13.8. The minimum Gasteiger partial charge on any atom is -0.495 e. The van der Waals surface area contributed by atoms with Crippen LogP contribution in [0.25, 0.3) is 0 Å². The van der Waals surface area contributed by atoms with Gasteiger partial charge < -0.3 is 10.1 Å².